The second-order valence-corrected chi connectivity index (χ2v) is 4.21. The largest absolute Gasteiger partial charge is 0.0842 e. The lowest BCUT2D eigenvalue weighted by Gasteiger charge is -2.06. The van der Waals surface area contributed by atoms with Crippen LogP contribution in [0.3, 0.4) is 0 Å². The summed E-state index contributed by atoms with van der Waals surface area (Å²) in [5.74, 6) is 0. The van der Waals surface area contributed by atoms with Gasteiger partial charge in [-0.15, -0.1) is 0 Å². The molecule has 0 bridgehead atoms. The minimum absolute atomic E-state index is 1.06. The molecule has 18 heavy (non-hydrogen) atoms. The standard InChI is InChI=1S/C18H23/c1-4-7-11-16-13-10-14-17(12-8-5-2)18(16)15-9-6-3/h7-9,11-15H,4-6H2,1-3H3/b11-7+,12-8+,15-9+. The number of rotatable bonds is 6. The first-order valence-corrected chi connectivity index (χ1v) is 6.87. The second-order valence-electron chi connectivity index (χ2n) is 4.21. The molecular formula is C18H23. The van der Waals surface area contributed by atoms with Gasteiger partial charge in [-0.1, -0.05) is 57.2 Å². The molecule has 95 valence electrons. The molecule has 1 radical (unpaired) electrons. The fourth-order valence-corrected chi connectivity index (χ4v) is 1.74. The van der Waals surface area contributed by atoms with Crippen molar-refractivity contribution in [2.45, 2.75) is 40.0 Å². The summed E-state index contributed by atoms with van der Waals surface area (Å²) in [5.41, 5.74) is 3.80. The lowest BCUT2D eigenvalue weighted by atomic mass is 9.99. The zero-order valence-electron chi connectivity index (χ0n) is 11.7. The van der Waals surface area contributed by atoms with Crippen molar-refractivity contribution >= 4 is 18.2 Å². The molecule has 0 saturated heterocycles. The summed E-state index contributed by atoms with van der Waals surface area (Å²) in [5, 5.41) is 0. The van der Waals surface area contributed by atoms with E-state index in [4.69, 9.17) is 0 Å². The first kappa shape index (κ1) is 14.5. The Labute approximate surface area is 112 Å². The Hall–Kier alpha value is -1.56. The topological polar surface area (TPSA) is 0 Å². The van der Waals surface area contributed by atoms with Crippen LogP contribution in [-0.4, -0.2) is 0 Å². The van der Waals surface area contributed by atoms with E-state index in [1.54, 1.807) is 0 Å². The van der Waals surface area contributed by atoms with Crippen LogP contribution in [0.15, 0.2) is 30.4 Å². The van der Waals surface area contributed by atoms with Gasteiger partial charge in [0, 0.05) is 0 Å². The third-order valence-electron chi connectivity index (χ3n) is 2.69. The van der Waals surface area contributed by atoms with Crippen LogP contribution in [0.25, 0.3) is 18.2 Å². The molecule has 0 aliphatic rings. The summed E-state index contributed by atoms with van der Waals surface area (Å²) >= 11 is 0. The van der Waals surface area contributed by atoms with E-state index in [2.05, 4.69) is 75.4 Å². The average Bonchev–Trinajstić information content (AvgIpc) is 2.41. The maximum Gasteiger partial charge on any atom is -0.0114 e. The molecule has 0 aliphatic carbocycles. The lowest BCUT2D eigenvalue weighted by molar-refractivity contribution is 1.23. The van der Waals surface area contributed by atoms with Crippen molar-refractivity contribution < 1.29 is 0 Å². The van der Waals surface area contributed by atoms with Crippen LogP contribution >= 0.6 is 0 Å². The number of hydrogen-bond donors (Lipinski definition) is 0. The van der Waals surface area contributed by atoms with Crippen molar-refractivity contribution in [2.75, 3.05) is 0 Å². The van der Waals surface area contributed by atoms with Crippen LogP contribution in [0.5, 0.6) is 0 Å². The maximum absolute atomic E-state index is 3.23. The van der Waals surface area contributed by atoms with Gasteiger partial charge in [0.1, 0.15) is 0 Å². The molecule has 1 aromatic carbocycles. The van der Waals surface area contributed by atoms with E-state index < -0.39 is 0 Å². The Morgan fingerprint density at radius 3 is 1.67 bits per heavy atom. The molecule has 0 heterocycles. The third-order valence-corrected chi connectivity index (χ3v) is 2.69. The van der Waals surface area contributed by atoms with Crippen molar-refractivity contribution in [1.82, 2.24) is 0 Å². The summed E-state index contributed by atoms with van der Waals surface area (Å²) in [6, 6.07) is 7.35. The monoisotopic (exact) mass is 239 g/mol. The van der Waals surface area contributed by atoms with E-state index >= 15 is 0 Å². The first-order chi connectivity index (χ1) is 8.83. The normalized spacial score (nSPS) is 12.2. The molecule has 0 unspecified atom stereocenters. The van der Waals surface area contributed by atoms with Gasteiger partial charge in [-0.2, -0.15) is 0 Å². The summed E-state index contributed by atoms with van der Waals surface area (Å²) in [4.78, 5) is 0. The summed E-state index contributed by atoms with van der Waals surface area (Å²) in [7, 11) is 0. The van der Waals surface area contributed by atoms with E-state index in [0.29, 0.717) is 0 Å². The van der Waals surface area contributed by atoms with E-state index in [9.17, 15) is 0 Å². The third kappa shape index (κ3) is 4.37. The minimum Gasteiger partial charge on any atom is -0.0842 e. The molecule has 0 fully saturated rings. The highest BCUT2D eigenvalue weighted by molar-refractivity contribution is 5.73. The van der Waals surface area contributed by atoms with E-state index in [1.165, 1.54) is 16.7 Å². The van der Waals surface area contributed by atoms with Crippen molar-refractivity contribution in [3.63, 3.8) is 0 Å². The lowest BCUT2D eigenvalue weighted by Crippen LogP contribution is -1.86. The number of hydrogen-bond acceptors (Lipinski definition) is 0. The fourth-order valence-electron chi connectivity index (χ4n) is 1.74. The Balaban J connectivity index is 3.20. The highest BCUT2D eigenvalue weighted by Gasteiger charge is 2.00. The zero-order chi connectivity index (χ0) is 13.2. The van der Waals surface area contributed by atoms with Gasteiger partial charge in [-0.05, 0) is 54.2 Å². The van der Waals surface area contributed by atoms with Gasteiger partial charge in [0.15, 0.2) is 0 Å². The molecule has 1 rings (SSSR count). The zero-order valence-corrected chi connectivity index (χ0v) is 11.7. The average molecular weight is 239 g/mol. The van der Waals surface area contributed by atoms with Crippen LogP contribution in [0.1, 0.15) is 56.7 Å². The van der Waals surface area contributed by atoms with Crippen molar-refractivity contribution in [3.8, 4) is 0 Å². The first-order valence-electron chi connectivity index (χ1n) is 6.87. The number of allylic oxidation sites excluding steroid dienone is 3. The molecule has 0 spiro atoms. The smallest absolute Gasteiger partial charge is 0.0114 e. The Kier molecular flexibility index (Phi) is 6.86. The SMILES string of the molecule is CC/C=C/c1c[c]cc(/C=C/CC)c1/C=C/CC. The number of benzene rings is 1. The van der Waals surface area contributed by atoms with Crippen LogP contribution in [-0.2, 0) is 0 Å². The molecular weight excluding hydrogens is 216 g/mol. The van der Waals surface area contributed by atoms with Crippen LogP contribution in [0.2, 0.25) is 0 Å². The molecule has 1 aromatic rings. The van der Waals surface area contributed by atoms with Crippen molar-refractivity contribution in [1.29, 1.82) is 0 Å². The molecule has 0 nitrogen and oxygen atoms in total. The van der Waals surface area contributed by atoms with Crippen molar-refractivity contribution in [2.24, 2.45) is 0 Å². The molecule has 0 heteroatoms. The predicted octanol–water partition coefficient (Wildman–Crippen LogP) is 5.76. The fraction of sp³-hybridized carbons (Fsp3) is 0.333. The molecule has 0 aromatic heterocycles. The Morgan fingerprint density at radius 1 is 0.778 bits per heavy atom. The highest BCUT2D eigenvalue weighted by Crippen LogP contribution is 2.20. The van der Waals surface area contributed by atoms with Gasteiger partial charge >= 0.3 is 0 Å². The van der Waals surface area contributed by atoms with Crippen LogP contribution in [0.4, 0.5) is 0 Å². The predicted molar refractivity (Wildman–Crippen MR) is 83.3 cm³/mol. The summed E-state index contributed by atoms with van der Waals surface area (Å²) in [6.45, 7) is 6.47. The van der Waals surface area contributed by atoms with Crippen molar-refractivity contribution in [3.05, 3.63) is 53.1 Å². The van der Waals surface area contributed by atoms with Gasteiger partial charge < -0.3 is 0 Å². The molecule has 0 saturated carbocycles. The molecule has 0 atom stereocenters. The Morgan fingerprint density at radius 2 is 1.22 bits per heavy atom. The van der Waals surface area contributed by atoms with Gasteiger partial charge in [-0.25, -0.2) is 0 Å². The molecule has 0 aliphatic heterocycles. The summed E-state index contributed by atoms with van der Waals surface area (Å²) < 4.78 is 0. The van der Waals surface area contributed by atoms with Gasteiger partial charge in [0.05, 0.1) is 0 Å². The van der Waals surface area contributed by atoms with Crippen LogP contribution < -0.4 is 0 Å². The molecule has 0 N–H and O–H groups in total. The van der Waals surface area contributed by atoms with Gasteiger partial charge in [0.2, 0.25) is 0 Å². The highest BCUT2D eigenvalue weighted by atomic mass is 14.0. The maximum atomic E-state index is 3.23. The summed E-state index contributed by atoms with van der Waals surface area (Å²) in [6.07, 6.45) is 16.4. The van der Waals surface area contributed by atoms with Gasteiger partial charge in [-0.3, -0.25) is 0 Å². The van der Waals surface area contributed by atoms with E-state index in [0.717, 1.165) is 19.3 Å². The van der Waals surface area contributed by atoms with Gasteiger partial charge in [0.25, 0.3) is 0 Å². The minimum atomic E-state index is 1.06. The van der Waals surface area contributed by atoms with E-state index in [-0.39, 0.29) is 0 Å². The molecule has 0 amide bonds. The quantitative estimate of drug-likeness (QED) is 0.592. The Bertz CT molecular complexity index is 401. The second kappa shape index (κ2) is 8.52. The van der Waals surface area contributed by atoms with E-state index in [1.807, 2.05) is 0 Å². The van der Waals surface area contributed by atoms with Crippen LogP contribution in [0, 0.1) is 6.07 Å².